The number of terminal acetylenes is 1. The SMILES string of the molecule is C#Cc1ccc(CNC(=O)O)cc1. The molecule has 0 aliphatic carbocycles. The maximum atomic E-state index is 10.2. The lowest BCUT2D eigenvalue weighted by atomic mass is 10.1. The highest BCUT2D eigenvalue weighted by atomic mass is 16.4. The Bertz CT molecular complexity index is 335. The second-order valence-electron chi connectivity index (χ2n) is 2.50. The summed E-state index contributed by atoms with van der Waals surface area (Å²) in [5.41, 5.74) is 1.68. The van der Waals surface area contributed by atoms with E-state index in [-0.39, 0.29) is 0 Å². The molecule has 1 aromatic carbocycles. The van der Waals surface area contributed by atoms with Gasteiger partial charge >= 0.3 is 6.09 Å². The van der Waals surface area contributed by atoms with Crippen LogP contribution in [0.2, 0.25) is 0 Å². The minimum absolute atomic E-state index is 0.306. The highest BCUT2D eigenvalue weighted by Gasteiger charge is 1.95. The van der Waals surface area contributed by atoms with Crippen molar-refractivity contribution in [1.29, 1.82) is 0 Å². The summed E-state index contributed by atoms with van der Waals surface area (Å²) in [5.74, 6) is 2.48. The van der Waals surface area contributed by atoms with Gasteiger partial charge in [-0.05, 0) is 17.7 Å². The van der Waals surface area contributed by atoms with Crippen LogP contribution in [0.15, 0.2) is 24.3 Å². The van der Waals surface area contributed by atoms with Gasteiger partial charge in [0.2, 0.25) is 0 Å². The molecule has 1 amide bonds. The zero-order valence-electron chi connectivity index (χ0n) is 6.95. The van der Waals surface area contributed by atoms with E-state index in [2.05, 4.69) is 11.2 Å². The summed E-state index contributed by atoms with van der Waals surface area (Å²) in [6.07, 6.45) is 4.14. The predicted molar refractivity (Wildman–Crippen MR) is 49.2 cm³/mol. The summed E-state index contributed by atoms with van der Waals surface area (Å²) in [7, 11) is 0. The minimum Gasteiger partial charge on any atom is -0.465 e. The van der Waals surface area contributed by atoms with Crippen LogP contribution in [0, 0.1) is 12.3 Å². The van der Waals surface area contributed by atoms with Crippen molar-refractivity contribution in [3.05, 3.63) is 35.4 Å². The van der Waals surface area contributed by atoms with Gasteiger partial charge in [-0.15, -0.1) is 6.42 Å². The second kappa shape index (κ2) is 4.17. The molecular weight excluding hydrogens is 166 g/mol. The molecule has 0 bridgehead atoms. The molecule has 66 valence electrons. The van der Waals surface area contributed by atoms with E-state index in [0.717, 1.165) is 11.1 Å². The Labute approximate surface area is 76.4 Å². The third-order valence-electron chi connectivity index (χ3n) is 1.56. The molecule has 0 aliphatic heterocycles. The molecule has 0 aromatic heterocycles. The van der Waals surface area contributed by atoms with E-state index in [0.29, 0.717) is 6.54 Å². The van der Waals surface area contributed by atoms with Gasteiger partial charge in [0, 0.05) is 12.1 Å². The molecule has 3 nitrogen and oxygen atoms in total. The van der Waals surface area contributed by atoms with Crippen molar-refractivity contribution in [2.45, 2.75) is 6.54 Å². The van der Waals surface area contributed by atoms with Gasteiger partial charge in [0.25, 0.3) is 0 Å². The molecule has 2 N–H and O–H groups in total. The van der Waals surface area contributed by atoms with Gasteiger partial charge in [0.05, 0.1) is 0 Å². The molecule has 0 saturated carbocycles. The van der Waals surface area contributed by atoms with E-state index < -0.39 is 6.09 Å². The van der Waals surface area contributed by atoms with E-state index in [1.54, 1.807) is 24.3 Å². The highest BCUT2D eigenvalue weighted by molar-refractivity contribution is 5.64. The molecule has 1 rings (SSSR count). The van der Waals surface area contributed by atoms with Gasteiger partial charge < -0.3 is 10.4 Å². The number of hydrogen-bond donors (Lipinski definition) is 2. The summed E-state index contributed by atoms with van der Waals surface area (Å²) in [4.78, 5) is 10.2. The van der Waals surface area contributed by atoms with Crippen LogP contribution in [0.3, 0.4) is 0 Å². The van der Waals surface area contributed by atoms with Crippen molar-refractivity contribution >= 4 is 6.09 Å². The van der Waals surface area contributed by atoms with E-state index >= 15 is 0 Å². The first-order valence-corrected chi connectivity index (χ1v) is 3.74. The molecule has 0 saturated heterocycles. The number of rotatable bonds is 2. The second-order valence-corrected chi connectivity index (χ2v) is 2.50. The van der Waals surface area contributed by atoms with E-state index in [1.807, 2.05) is 0 Å². The van der Waals surface area contributed by atoms with Crippen molar-refractivity contribution in [1.82, 2.24) is 5.32 Å². The average Bonchev–Trinajstić information content (AvgIpc) is 2.15. The first kappa shape index (κ1) is 9.14. The van der Waals surface area contributed by atoms with Crippen molar-refractivity contribution in [2.75, 3.05) is 0 Å². The zero-order valence-corrected chi connectivity index (χ0v) is 6.95. The lowest BCUT2D eigenvalue weighted by molar-refractivity contribution is 0.194. The monoisotopic (exact) mass is 175 g/mol. The minimum atomic E-state index is -1.03. The van der Waals surface area contributed by atoms with Crippen LogP contribution in [0.25, 0.3) is 0 Å². The van der Waals surface area contributed by atoms with Crippen molar-refractivity contribution in [3.8, 4) is 12.3 Å². The molecule has 0 spiro atoms. The third-order valence-corrected chi connectivity index (χ3v) is 1.56. The van der Waals surface area contributed by atoms with Crippen LogP contribution in [0.5, 0.6) is 0 Å². The topological polar surface area (TPSA) is 49.3 Å². The number of carbonyl (C=O) groups is 1. The molecule has 0 atom stereocenters. The van der Waals surface area contributed by atoms with E-state index in [4.69, 9.17) is 11.5 Å². The predicted octanol–water partition coefficient (Wildman–Crippen LogP) is 1.44. The standard InChI is InChI=1S/C10H9NO2/c1-2-8-3-5-9(6-4-8)7-11-10(12)13/h1,3-6,11H,7H2,(H,12,13). The highest BCUT2D eigenvalue weighted by Crippen LogP contribution is 2.02. The average molecular weight is 175 g/mol. The molecule has 13 heavy (non-hydrogen) atoms. The van der Waals surface area contributed by atoms with Crippen LogP contribution in [-0.4, -0.2) is 11.2 Å². The summed E-state index contributed by atoms with van der Waals surface area (Å²) in [5, 5.41) is 10.6. The molecule has 0 fully saturated rings. The van der Waals surface area contributed by atoms with Gasteiger partial charge in [-0.2, -0.15) is 0 Å². The number of hydrogen-bond acceptors (Lipinski definition) is 1. The number of carboxylic acid groups (broad SMARTS) is 1. The van der Waals surface area contributed by atoms with Gasteiger partial charge in [-0.1, -0.05) is 18.1 Å². The third kappa shape index (κ3) is 2.88. The maximum Gasteiger partial charge on any atom is 0.404 e. The molecule has 0 heterocycles. The Balaban J connectivity index is 2.60. The molecule has 1 aromatic rings. The number of benzene rings is 1. The lowest BCUT2D eigenvalue weighted by Crippen LogP contribution is -2.19. The summed E-state index contributed by atoms with van der Waals surface area (Å²) in [6, 6.07) is 7.15. The van der Waals surface area contributed by atoms with Crippen LogP contribution >= 0.6 is 0 Å². The first-order chi connectivity index (χ1) is 6.22. The zero-order chi connectivity index (χ0) is 9.68. The summed E-state index contributed by atoms with van der Waals surface area (Å²) in [6.45, 7) is 0.306. The Morgan fingerprint density at radius 3 is 2.54 bits per heavy atom. The Morgan fingerprint density at radius 2 is 2.08 bits per heavy atom. The first-order valence-electron chi connectivity index (χ1n) is 3.74. The summed E-state index contributed by atoms with van der Waals surface area (Å²) >= 11 is 0. The van der Waals surface area contributed by atoms with E-state index in [9.17, 15) is 4.79 Å². The quantitative estimate of drug-likeness (QED) is 0.668. The Hall–Kier alpha value is -1.95. The fourth-order valence-corrected chi connectivity index (χ4v) is 0.896. The number of nitrogens with one attached hydrogen (secondary N) is 1. The van der Waals surface area contributed by atoms with Crippen LogP contribution in [0.4, 0.5) is 4.79 Å². The van der Waals surface area contributed by atoms with E-state index in [1.165, 1.54) is 0 Å². The van der Waals surface area contributed by atoms with Crippen LogP contribution in [-0.2, 0) is 6.54 Å². The Kier molecular flexibility index (Phi) is 2.93. The van der Waals surface area contributed by atoms with Crippen molar-refractivity contribution < 1.29 is 9.90 Å². The molecule has 0 aliphatic rings. The largest absolute Gasteiger partial charge is 0.465 e. The van der Waals surface area contributed by atoms with Gasteiger partial charge in [-0.3, -0.25) is 0 Å². The molecule has 3 heteroatoms. The normalized spacial score (nSPS) is 8.85. The van der Waals surface area contributed by atoms with Crippen molar-refractivity contribution in [3.63, 3.8) is 0 Å². The molecule has 0 unspecified atom stereocenters. The number of amides is 1. The molecule has 0 radical (unpaired) electrons. The maximum absolute atomic E-state index is 10.2. The van der Waals surface area contributed by atoms with Crippen LogP contribution < -0.4 is 5.32 Å². The van der Waals surface area contributed by atoms with Gasteiger partial charge in [-0.25, -0.2) is 4.79 Å². The molecular formula is C10H9NO2. The lowest BCUT2D eigenvalue weighted by Gasteiger charge is -2.00. The van der Waals surface area contributed by atoms with Crippen molar-refractivity contribution in [2.24, 2.45) is 0 Å². The van der Waals surface area contributed by atoms with Gasteiger partial charge in [0.15, 0.2) is 0 Å². The summed E-state index contributed by atoms with van der Waals surface area (Å²) < 4.78 is 0. The fourth-order valence-electron chi connectivity index (χ4n) is 0.896. The Morgan fingerprint density at radius 1 is 1.46 bits per heavy atom. The fraction of sp³-hybridized carbons (Fsp3) is 0.100. The van der Waals surface area contributed by atoms with Gasteiger partial charge in [0.1, 0.15) is 0 Å². The van der Waals surface area contributed by atoms with Crippen LogP contribution in [0.1, 0.15) is 11.1 Å². The smallest absolute Gasteiger partial charge is 0.404 e.